The first-order chi connectivity index (χ1) is 14.6. The van der Waals surface area contributed by atoms with E-state index in [4.69, 9.17) is 0 Å². The van der Waals surface area contributed by atoms with Crippen LogP contribution < -0.4 is 0 Å². The third-order valence-corrected chi connectivity index (χ3v) is 5.60. The molecule has 11 nitrogen and oxygen atoms in total. The molecule has 0 spiro atoms. The van der Waals surface area contributed by atoms with Crippen LogP contribution in [0.25, 0.3) is 12.2 Å². The fourth-order valence-electron chi connectivity index (χ4n) is 3.13. The van der Waals surface area contributed by atoms with E-state index in [0.29, 0.717) is 0 Å². The number of hydrogen-bond acceptors (Lipinski definition) is 6. The van der Waals surface area contributed by atoms with Crippen molar-refractivity contribution in [1.82, 2.24) is 4.67 Å². The van der Waals surface area contributed by atoms with Crippen molar-refractivity contribution in [2.75, 3.05) is 13.1 Å². The molecule has 1 fully saturated rings. The Hall–Kier alpha value is -3.50. The fourth-order valence-corrected chi connectivity index (χ4v) is 3.81. The molecule has 0 amide bonds. The van der Waals surface area contributed by atoms with E-state index in [9.17, 15) is 39.4 Å². The van der Waals surface area contributed by atoms with Gasteiger partial charge < -0.3 is 9.79 Å². The number of nitro benzene ring substituents is 2. The van der Waals surface area contributed by atoms with Gasteiger partial charge in [-0.1, -0.05) is 24.3 Å². The van der Waals surface area contributed by atoms with Crippen molar-refractivity contribution >= 4 is 37.1 Å². The van der Waals surface area contributed by atoms with E-state index < -0.39 is 36.5 Å². The molecule has 1 heterocycles. The Morgan fingerprint density at radius 1 is 0.839 bits per heavy atom. The predicted octanol–water partition coefficient (Wildman–Crippen LogP) is 2.95. The van der Waals surface area contributed by atoms with Crippen LogP contribution in [0.1, 0.15) is 11.1 Å². The number of carbonyl (C=O) groups excluding carboxylic acids is 1. The second kappa shape index (κ2) is 8.70. The maximum atomic E-state index is 13.0. The van der Waals surface area contributed by atoms with E-state index in [1.165, 1.54) is 60.7 Å². The zero-order chi connectivity index (χ0) is 22.8. The number of piperidine rings is 1. The molecule has 1 aliphatic rings. The van der Waals surface area contributed by atoms with Crippen LogP contribution in [0.4, 0.5) is 11.4 Å². The van der Waals surface area contributed by atoms with Crippen molar-refractivity contribution in [2.24, 2.45) is 0 Å². The van der Waals surface area contributed by atoms with Crippen molar-refractivity contribution in [3.8, 4) is 0 Å². The quantitative estimate of drug-likeness (QED) is 0.305. The summed E-state index contributed by atoms with van der Waals surface area (Å²) in [6.07, 6.45) is 2.41. The SMILES string of the molecule is O=C1C(=Cc2ccccc2[N+](=O)[O-])CN(P(=O)(O)O)CC1=Cc1ccccc1[N+](=O)[O-]. The first kappa shape index (κ1) is 22.2. The third kappa shape index (κ3) is 4.98. The van der Waals surface area contributed by atoms with Gasteiger partial charge >= 0.3 is 7.75 Å². The van der Waals surface area contributed by atoms with Gasteiger partial charge in [0.1, 0.15) is 0 Å². The highest BCUT2D eigenvalue weighted by Gasteiger charge is 2.35. The second-order valence-electron chi connectivity index (χ2n) is 6.64. The molecule has 0 radical (unpaired) electrons. The Labute approximate surface area is 175 Å². The molecule has 160 valence electrons. The van der Waals surface area contributed by atoms with E-state index in [1.54, 1.807) is 0 Å². The van der Waals surface area contributed by atoms with Gasteiger partial charge in [-0.05, 0) is 24.3 Å². The lowest BCUT2D eigenvalue weighted by Gasteiger charge is -2.29. The summed E-state index contributed by atoms with van der Waals surface area (Å²) < 4.78 is 12.6. The number of benzene rings is 2. The highest BCUT2D eigenvalue weighted by atomic mass is 31.2. The van der Waals surface area contributed by atoms with E-state index in [1.807, 2.05) is 0 Å². The maximum Gasteiger partial charge on any atom is 0.403 e. The van der Waals surface area contributed by atoms with Gasteiger partial charge in [0.2, 0.25) is 0 Å². The van der Waals surface area contributed by atoms with Crippen molar-refractivity contribution in [3.05, 3.63) is 91.0 Å². The van der Waals surface area contributed by atoms with Crippen LogP contribution in [0.2, 0.25) is 0 Å². The molecule has 0 aliphatic carbocycles. The van der Waals surface area contributed by atoms with Crippen molar-refractivity contribution in [2.45, 2.75) is 0 Å². The van der Waals surface area contributed by atoms with Gasteiger partial charge in [0.05, 0.1) is 21.0 Å². The fraction of sp³-hybridized carbons (Fsp3) is 0.105. The van der Waals surface area contributed by atoms with Gasteiger partial charge in [0.25, 0.3) is 11.4 Å². The summed E-state index contributed by atoms with van der Waals surface area (Å²) in [5, 5.41) is 22.5. The molecular weight excluding hydrogens is 429 g/mol. The number of nitro groups is 2. The Balaban J connectivity index is 2.13. The smallest absolute Gasteiger partial charge is 0.312 e. The second-order valence-corrected chi connectivity index (χ2v) is 8.23. The molecule has 0 bridgehead atoms. The summed E-state index contributed by atoms with van der Waals surface area (Å²) >= 11 is 0. The van der Waals surface area contributed by atoms with Gasteiger partial charge in [-0.2, -0.15) is 4.67 Å². The first-order valence-electron chi connectivity index (χ1n) is 8.81. The first-order valence-corrected chi connectivity index (χ1v) is 10.4. The van der Waals surface area contributed by atoms with Crippen LogP contribution in [-0.4, -0.2) is 43.2 Å². The number of Topliss-reactive ketones (excluding diaryl/α,β-unsaturated/α-hetero) is 1. The molecule has 1 aliphatic heterocycles. The van der Waals surface area contributed by atoms with E-state index in [-0.39, 0.29) is 33.6 Å². The maximum absolute atomic E-state index is 13.0. The summed E-state index contributed by atoms with van der Waals surface area (Å²) in [7, 11) is -4.78. The molecule has 0 atom stereocenters. The van der Waals surface area contributed by atoms with Gasteiger partial charge in [0, 0.05) is 36.4 Å². The zero-order valence-electron chi connectivity index (χ0n) is 15.8. The highest BCUT2D eigenvalue weighted by Crippen LogP contribution is 2.43. The summed E-state index contributed by atoms with van der Waals surface area (Å²) in [5.74, 6) is -0.610. The average Bonchev–Trinajstić information content (AvgIpc) is 2.70. The van der Waals surface area contributed by atoms with Crippen LogP contribution in [0, 0.1) is 20.2 Å². The minimum atomic E-state index is -4.78. The molecule has 1 saturated heterocycles. The number of nitrogens with zero attached hydrogens (tertiary/aromatic N) is 3. The topological polar surface area (TPSA) is 164 Å². The Morgan fingerprint density at radius 2 is 1.23 bits per heavy atom. The molecule has 0 saturated carbocycles. The molecule has 2 aromatic rings. The average molecular weight is 445 g/mol. The largest absolute Gasteiger partial charge is 0.403 e. The molecular formula is C19H16N3O8P. The number of rotatable bonds is 5. The van der Waals surface area contributed by atoms with E-state index in [2.05, 4.69) is 0 Å². The van der Waals surface area contributed by atoms with Crippen molar-refractivity contribution in [1.29, 1.82) is 0 Å². The standard InChI is InChI=1S/C19H16N3O8P/c23-19-15(9-13-5-1-3-7-17(13)21(24)25)11-20(31(28,29)30)12-16(19)10-14-6-2-4-8-18(14)22(26)27/h1-10H,11-12H2,(H2,28,29,30). The Bertz CT molecular complexity index is 1100. The lowest BCUT2D eigenvalue weighted by Crippen LogP contribution is -2.35. The number of para-hydroxylation sites is 2. The summed E-state index contributed by atoms with van der Waals surface area (Å²) in [6.45, 7) is -0.882. The molecule has 0 aromatic heterocycles. The van der Waals surface area contributed by atoms with Crippen LogP contribution in [0.3, 0.4) is 0 Å². The normalized spacial score (nSPS) is 17.8. The molecule has 2 aromatic carbocycles. The van der Waals surface area contributed by atoms with Gasteiger partial charge in [-0.3, -0.25) is 25.0 Å². The van der Waals surface area contributed by atoms with Crippen LogP contribution in [0.15, 0.2) is 59.7 Å². The predicted molar refractivity (Wildman–Crippen MR) is 111 cm³/mol. The number of carbonyl (C=O) groups is 1. The molecule has 2 N–H and O–H groups in total. The molecule has 31 heavy (non-hydrogen) atoms. The monoisotopic (exact) mass is 445 g/mol. The highest BCUT2D eigenvalue weighted by molar-refractivity contribution is 7.49. The molecule has 12 heteroatoms. The zero-order valence-corrected chi connectivity index (χ0v) is 16.7. The number of hydrogen-bond donors (Lipinski definition) is 2. The van der Waals surface area contributed by atoms with Crippen LogP contribution in [0.5, 0.6) is 0 Å². The number of ketones is 1. The summed E-state index contributed by atoms with van der Waals surface area (Å²) in [5.41, 5.74) is -0.551. The summed E-state index contributed by atoms with van der Waals surface area (Å²) in [4.78, 5) is 53.5. The van der Waals surface area contributed by atoms with Gasteiger partial charge in [0.15, 0.2) is 5.78 Å². The van der Waals surface area contributed by atoms with E-state index in [0.717, 1.165) is 4.67 Å². The van der Waals surface area contributed by atoms with Crippen LogP contribution >= 0.6 is 7.75 Å². The van der Waals surface area contributed by atoms with E-state index >= 15 is 0 Å². The molecule has 3 rings (SSSR count). The van der Waals surface area contributed by atoms with Crippen molar-refractivity contribution < 1.29 is 29.0 Å². The summed E-state index contributed by atoms with van der Waals surface area (Å²) in [6, 6.07) is 11.2. The molecule has 0 unspecified atom stereocenters. The minimum absolute atomic E-state index is 0.0892. The van der Waals surface area contributed by atoms with Gasteiger partial charge in [-0.15, -0.1) is 0 Å². The van der Waals surface area contributed by atoms with Gasteiger partial charge in [-0.25, -0.2) is 4.57 Å². The third-order valence-electron chi connectivity index (χ3n) is 4.58. The van der Waals surface area contributed by atoms with Crippen molar-refractivity contribution in [3.63, 3.8) is 0 Å². The lowest BCUT2D eigenvalue weighted by molar-refractivity contribution is -0.385. The Kier molecular flexibility index (Phi) is 6.23. The lowest BCUT2D eigenvalue weighted by atomic mass is 9.95. The Morgan fingerprint density at radius 3 is 1.58 bits per heavy atom. The minimum Gasteiger partial charge on any atom is -0.312 e. The van der Waals surface area contributed by atoms with Crippen LogP contribution in [-0.2, 0) is 9.36 Å².